The molecule has 19 heavy (non-hydrogen) atoms. The number of pyridine rings is 1. The molecule has 1 aromatic carbocycles. The molecule has 100 valence electrons. The third-order valence-electron chi connectivity index (χ3n) is 2.38. The van der Waals surface area contributed by atoms with Crippen LogP contribution in [0, 0.1) is 0 Å². The van der Waals surface area contributed by atoms with Gasteiger partial charge in [0.2, 0.25) is 10.0 Å². The van der Waals surface area contributed by atoms with E-state index in [-0.39, 0.29) is 16.5 Å². The minimum Gasteiger partial charge on any atom is -0.263 e. The lowest BCUT2D eigenvalue weighted by atomic mass is 10.2. The van der Waals surface area contributed by atoms with Crippen LogP contribution in [0.15, 0.2) is 47.6 Å². The van der Waals surface area contributed by atoms with Crippen molar-refractivity contribution >= 4 is 33.2 Å². The van der Waals surface area contributed by atoms with E-state index >= 15 is 0 Å². The Hall–Kier alpha value is -1.14. The fourth-order valence-electron chi connectivity index (χ4n) is 1.46. The number of nitrogens with one attached hydrogen (secondary N) is 1. The van der Waals surface area contributed by atoms with Crippen molar-refractivity contribution < 1.29 is 8.42 Å². The van der Waals surface area contributed by atoms with Crippen molar-refractivity contribution in [1.29, 1.82) is 0 Å². The average Bonchev–Trinajstić information content (AvgIpc) is 2.37. The van der Waals surface area contributed by atoms with E-state index in [0.717, 1.165) is 5.56 Å². The molecule has 0 atom stereocenters. The van der Waals surface area contributed by atoms with Crippen molar-refractivity contribution in [1.82, 2.24) is 9.71 Å². The second kappa shape index (κ2) is 5.88. The van der Waals surface area contributed by atoms with Crippen LogP contribution in [0.3, 0.4) is 0 Å². The summed E-state index contributed by atoms with van der Waals surface area (Å²) in [6.07, 6.45) is 2.64. The monoisotopic (exact) mass is 316 g/mol. The maximum Gasteiger partial charge on any atom is 0.243 e. The Kier molecular flexibility index (Phi) is 4.42. The average molecular weight is 317 g/mol. The van der Waals surface area contributed by atoms with Crippen LogP contribution in [0.2, 0.25) is 10.0 Å². The Morgan fingerprint density at radius 3 is 2.68 bits per heavy atom. The molecular weight excluding hydrogens is 307 g/mol. The van der Waals surface area contributed by atoms with E-state index in [0.29, 0.717) is 5.02 Å². The van der Waals surface area contributed by atoms with Crippen LogP contribution in [-0.4, -0.2) is 13.4 Å². The maximum absolute atomic E-state index is 12.0. The standard InChI is InChI=1S/C12H10Cl2N2O2S/c13-10-3-1-2-9(6-10)7-16-19(17,18)12-8-15-5-4-11(12)14/h1-6,8,16H,7H2. The number of nitrogens with zero attached hydrogens (tertiary/aromatic N) is 1. The van der Waals surface area contributed by atoms with E-state index in [2.05, 4.69) is 9.71 Å². The van der Waals surface area contributed by atoms with Crippen LogP contribution in [0.5, 0.6) is 0 Å². The van der Waals surface area contributed by atoms with Gasteiger partial charge in [0.25, 0.3) is 0 Å². The van der Waals surface area contributed by atoms with Gasteiger partial charge in [-0.05, 0) is 23.8 Å². The minimum atomic E-state index is -3.69. The molecule has 4 nitrogen and oxygen atoms in total. The molecule has 0 saturated carbocycles. The summed E-state index contributed by atoms with van der Waals surface area (Å²) in [4.78, 5) is 3.71. The van der Waals surface area contributed by atoms with E-state index in [4.69, 9.17) is 23.2 Å². The Morgan fingerprint density at radius 2 is 2.00 bits per heavy atom. The number of halogens is 2. The van der Waals surface area contributed by atoms with Gasteiger partial charge < -0.3 is 0 Å². The Balaban J connectivity index is 2.17. The highest BCUT2D eigenvalue weighted by Gasteiger charge is 2.17. The van der Waals surface area contributed by atoms with Crippen molar-refractivity contribution in [3.63, 3.8) is 0 Å². The summed E-state index contributed by atoms with van der Waals surface area (Å²) in [5.41, 5.74) is 0.760. The van der Waals surface area contributed by atoms with Crippen molar-refractivity contribution in [3.05, 3.63) is 58.3 Å². The summed E-state index contributed by atoms with van der Waals surface area (Å²) in [5.74, 6) is 0. The first-order valence-electron chi connectivity index (χ1n) is 5.33. The number of hydrogen-bond acceptors (Lipinski definition) is 3. The van der Waals surface area contributed by atoms with E-state index in [9.17, 15) is 8.42 Å². The number of sulfonamides is 1. The summed E-state index contributed by atoms with van der Waals surface area (Å²) in [6.45, 7) is 0.133. The van der Waals surface area contributed by atoms with Crippen LogP contribution in [0.4, 0.5) is 0 Å². The number of benzene rings is 1. The first-order chi connectivity index (χ1) is 8.99. The molecule has 0 unspecified atom stereocenters. The molecular formula is C12H10Cl2N2O2S. The zero-order valence-electron chi connectivity index (χ0n) is 9.68. The summed E-state index contributed by atoms with van der Waals surface area (Å²) in [5, 5.41) is 0.685. The summed E-state index contributed by atoms with van der Waals surface area (Å²) >= 11 is 11.7. The van der Waals surface area contributed by atoms with Crippen molar-refractivity contribution in [2.45, 2.75) is 11.4 Å². The highest BCUT2D eigenvalue weighted by molar-refractivity contribution is 7.89. The van der Waals surface area contributed by atoms with Gasteiger partial charge in [0.1, 0.15) is 4.90 Å². The molecule has 0 bridgehead atoms. The fourth-order valence-corrected chi connectivity index (χ4v) is 3.12. The van der Waals surface area contributed by atoms with Crippen LogP contribution in [-0.2, 0) is 16.6 Å². The molecule has 0 aliphatic heterocycles. The Morgan fingerprint density at radius 1 is 1.21 bits per heavy atom. The SMILES string of the molecule is O=S(=O)(NCc1cccc(Cl)c1)c1cnccc1Cl. The van der Waals surface area contributed by atoms with Crippen molar-refractivity contribution in [3.8, 4) is 0 Å². The third kappa shape index (κ3) is 3.67. The molecule has 0 radical (unpaired) electrons. The van der Waals surface area contributed by atoms with Gasteiger partial charge in [-0.25, -0.2) is 13.1 Å². The molecule has 7 heteroatoms. The second-order valence-electron chi connectivity index (χ2n) is 3.76. The summed E-state index contributed by atoms with van der Waals surface area (Å²) in [6, 6.07) is 8.37. The topological polar surface area (TPSA) is 59.1 Å². The number of rotatable bonds is 4. The normalized spacial score (nSPS) is 11.5. The molecule has 1 aromatic heterocycles. The van der Waals surface area contributed by atoms with Crippen LogP contribution in [0.1, 0.15) is 5.56 Å². The molecule has 0 aliphatic rings. The summed E-state index contributed by atoms with van der Waals surface area (Å²) in [7, 11) is -3.69. The van der Waals surface area contributed by atoms with Gasteiger partial charge in [-0.15, -0.1) is 0 Å². The van der Waals surface area contributed by atoms with Crippen molar-refractivity contribution in [2.24, 2.45) is 0 Å². The van der Waals surface area contributed by atoms with Gasteiger partial charge in [0.15, 0.2) is 0 Å². The van der Waals surface area contributed by atoms with Gasteiger partial charge in [-0.3, -0.25) is 4.98 Å². The molecule has 0 saturated heterocycles. The van der Waals surface area contributed by atoms with Crippen LogP contribution >= 0.6 is 23.2 Å². The van der Waals surface area contributed by atoms with Crippen LogP contribution in [0.25, 0.3) is 0 Å². The molecule has 0 amide bonds. The Bertz CT molecular complexity index is 690. The highest BCUT2D eigenvalue weighted by atomic mass is 35.5. The molecule has 1 N–H and O–H groups in total. The molecule has 0 spiro atoms. The van der Waals surface area contributed by atoms with Gasteiger partial charge in [-0.2, -0.15) is 0 Å². The third-order valence-corrected chi connectivity index (χ3v) is 4.48. The van der Waals surface area contributed by atoms with Gasteiger partial charge in [0.05, 0.1) is 5.02 Å². The Labute approximate surface area is 121 Å². The molecule has 0 aliphatic carbocycles. The van der Waals surface area contributed by atoms with Gasteiger partial charge >= 0.3 is 0 Å². The molecule has 0 fully saturated rings. The quantitative estimate of drug-likeness (QED) is 0.943. The fraction of sp³-hybridized carbons (Fsp3) is 0.0833. The predicted molar refractivity (Wildman–Crippen MR) is 74.7 cm³/mol. The molecule has 2 aromatic rings. The van der Waals surface area contributed by atoms with Crippen molar-refractivity contribution in [2.75, 3.05) is 0 Å². The zero-order chi connectivity index (χ0) is 13.9. The lowest BCUT2D eigenvalue weighted by Crippen LogP contribution is -2.23. The molecule has 2 rings (SSSR count). The van der Waals surface area contributed by atoms with E-state index in [1.54, 1.807) is 24.3 Å². The molecule has 1 heterocycles. The largest absolute Gasteiger partial charge is 0.263 e. The van der Waals surface area contributed by atoms with Gasteiger partial charge in [0, 0.05) is 24.0 Å². The maximum atomic E-state index is 12.0. The lowest BCUT2D eigenvalue weighted by Gasteiger charge is -2.08. The van der Waals surface area contributed by atoms with E-state index in [1.165, 1.54) is 18.5 Å². The predicted octanol–water partition coefficient (Wildman–Crippen LogP) is 2.87. The summed E-state index contributed by atoms with van der Waals surface area (Å²) < 4.78 is 26.5. The number of aromatic nitrogens is 1. The zero-order valence-corrected chi connectivity index (χ0v) is 12.0. The second-order valence-corrected chi connectivity index (χ2v) is 6.34. The smallest absolute Gasteiger partial charge is 0.243 e. The van der Waals surface area contributed by atoms with E-state index < -0.39 is 10.0 Å². The van der Waals surface area contributed by atoms with Gasteiger partial charge in [-0.1, -0.05) is 35.3 Å². The first kappa shape index (κ1) is 14.3. The first-order valence-corrected chi connectivity index (χ1v) is 7.56. The number of hydrogen-bond donors (Lipinski definition) is 1. The van der Waals surface area contributed by atoms with Crippen LogP contribution < -0.4 is 4.72 Å². The highest BCUT2D eigenvalue weighted by Crippen LogP contribution is 2.19. The lowest BCUT2D eigenvalue weighted by molar-refractivity contribution is 0.581. The minimum absolute atomic E-state index is 0.0429. The van der Waals surface area contributed by atoms with E-state index in [1.807, 2.05) is 0 Å².